The van der Waals surface area contributed by atoms with Gasteiger partial charge in [0.05, 0.1) is 6.10 Å². The Hall–Kier alpha value is -4.01. The molecule has 0 spiro atoms. The third-order valence-electron chi connectivity index (χ3n) is 4.41. The van der Waals surface area contributed by atoms with E-state index in [1.54, 1.807) is 13.8 Å². The SMILES string of the molecule is C[C@H](Nc1nccc(N2C(=O)OC[C@@H]2[C@@H](C)O)n1)c1cc(F)c(O[CH2][Cf])cc1F. The van der Waals surface area contributed by atoms with Crippen LogP contribution < -0.4 is 15.0 Å². The molecule has 2 aromatic rings. The number of halogens is 2. The molecule has 3 atom stereocenters. The van der Waals surface area contributed by atoms with Crippen LogP contribution in [0.15, 0.2) is 24.4 Å². The molecule has 11 heteroatoms. The Morgan fingerprint density at radius 1 is 1.41 bits per heavy atom. The molecule has 1 aliphatic rings. The van der Waals surface area contributed by atoms with Crippen LogP contribution in [0.5, 0.6) is 5.75 Å². The monoisotopic (exact) mass is 642 g/mol. The summed E-state index contributed by atoms with van der Waals surface area (Å²) < 4.78 is 39.9. The summed E-state index contributed by atoms with van der Waals surface area (Å²) in [6.07, 6.45) is -0.0406. The minimum atomic E-state index is -0.825. The Bertz CT molecular complexity index is 902. The Kier molecular flexibility index (Phi) is 5.40. The summed E-state index contributed by atoms with van der Waals surface area (Å²) in [7, 11) is 0.265. The summed E-state index contributed by atoms with van der Waals surface area (Å²) in [4.78, 5) is 21.6. The van der Waals surface area contributed by atoms with Crippen LogP contribution in [0.4, 0.5) is 25.3 Å². The number of amides is 1. The van der Waals surface area contributed by atoms with Crippen molar-refractivity contribution in [2.24, 2.45) is 0 Å². The van der Waals surface area contributed by atoms with E-state index in [2.05, 4.69) is 15.3 Å². The van der Waals surface area contributed by atoms with Gasteiger partial charge in [0.25, 0.3) is 0 Å². The van der Waals surface area contributed by atoms with Gasteiger partial charge in [-0.25, -0.2) is 4.79 Å². The Morgan fingerprint density at radius 2 is 2.17 bits per heavy atom. The molecular weight excluding hydrogens is 625 g/mol. The number of cyclic esters (lactones) is 1. The van der Waals surface area contributed by atoms with Gasteiger partial charge in [-0.2, -0.15) is 0 Å². The normalized spacial score (nSPS) is 18.4. The van der Waals surface area contributed by atoms with Gasteiger partial charge in [0.2, 0.25) is 0 Å². The van der Waals surface area contributed by atoms with Crippen LogP contribution in [0, 0.1) is 11.6 Å². The molecule has 0 saturated carbocycles. The van der Waals surface area contributed by atoms with Crippen molar-refractivity contribution >= 4 is 17.9 Å². The number of aliphatic hydroxyl groups excluding tert-OH is 1. The minimum absolute atomic E-state index is 0.0388. The Balaban J connectivity index is 1.82. The van der Waals surface area contributed by atoms with Crippen molar-refractivity contribution in [3.05, 3.63) is 41.6 Å². The molecule has 0 bridgehead atoms. The first-order valence-electron chi connectivity index (χ1n) is 8.68. The zero-order chi connectivity index (χ0) is 21.1. The summed E-state index contributed by atoms with van der Waals surface area (Å²) in [5, 5.41) is 12.8. The number of hydrogen-bond donors (Lipinski definition) is 2. The molecule has 3 rings (SSSR count). The fourth-order valence-electron chi connectivity index (χ4n) is 2.91. The topological polar surface area (TPSA) is 96.8 Å². The molecule has 8 nitrogen and oxygen atoms in total. The van der Waals surface area contributed by atoms with Crippen LogP contribution in [0.2, 0.25) is 0 Å². The van der Waals surface area contributed by atoms with Gasteiger partial charge in [-0.3, -0.25) is 0 Å². The van der Waals surface area contributed by atoms with Crippen molar-refractivity contribution in [1.82, 2.24) is 9.97 Å². The van der Waals surface area contributed by atoms with Gasteiger partial charge in [0, 0.05) is 0 Å². The quantitative estimate of drug-likeness (QED) is 0.479. The number of aromatic nitrogens is 2. The molecule has 1 amide bonds. The zero-order valence-electron chi connectivity index (χ0n) is 15.5. The predicted molar refractivity (Wildman–Crippen MR) is 95.2 cm³/mol. The number of aliphatic hydroxyl groups is 1. The number of nitrogens with zero attached hydrogens (tertiary/aromatic N) is 3. The number of rotatable bonds is 7. The van der Waals surface area contributed by atoms with Gasteiger partial charge in [-0.15, -0.1) is 0 Å². The third-order valence-corrected chi connectivity index (χ3v) is 4.80. The van der Waals surface area contributed by atoms with Crippen molar-refractivity contribution in [3.63, 3.8) is 0 Å². The van der Waals surface area contributed by atoms with Crippen molar-refractivity contribution < 1.29 is 28.2 Å². The second-order valence-corrected chi connectivity index (χ2v) is 7.16. The van der Waals surface area contributed by atoms with Crippen molar-refractivity contribution in [1.29, 1.82) is 0 Å². The van der Waals surface area contributed by atoms with E-state index in [4.69, 9.17) is 9.47 Å². The van der Waals surface area contributed by atoms with Crippen LogP contribution in [-0.4, -0.2) is 47.0 Å². The van der Waals surface area contributed by atoms with Gasteiger partial charge in [-0.05, 0) is 6.92 Å². The Morgan fingerprint density at radius 3 is 2.86 bits per heavy atom. The second-order valence-electron chi connectivity index (χ2n) is 6.40. The molecule has 1 fully saturated rings. The van der Waals surface area contributed by atoms with Gasteiger partial charge in [-0.1, -0.05) is 0 Å². The molecular formula is C18H19CfF2N4O4. The van der Waals surface area contributed by atoms with Crippen LogP contribution in [0.1, 0.15) is 25.5 Å². The van der Waals surface area contributed by atoms with E-state index in [9.17, 15) is 18.7 Å². The average Bonchev–Trinajstić information content (AvgIpc) is 3.06. The van der Waals surface area contributed by atoms with E-state index >= 15 is 0 Å². The number of hydrogen-bond acceptors (Lipinski definition) is 7. The van der Waals surface area contributed by atoms with Gasteiger partial charge in [0.1, 0.15) is 12.6 Å². The maximum absolute atomic E-state index is 14.4. The average molecular weight is 644 g/mol. The van der Waals surface area contributed by atoms with Gasteiger partial charge >= 0.3 is 119 Å². The predicted octanol–water partition coefficient (Wildman–Crippen LogP) is 2.52. The summed E-state index contributed by atoms with van der Waals surface area (Å²) in [6, 6.07) is 2.31. The summed E-state index contributed by atoms with van der Waals surface area (Å²) >= 11 is 0. The molecule has 1 aliphatic heterocycles. The fourth-order valence-corrected chi connectivity index (χ4v) is 3.32. The van der Waals surface area contributed by atoms with E-state index in [0.29, 0.717) is 0 Å². The van der Waals surface area contributed by atoms with Crippen LogP contribution >= 0.6 is 0 Å². The second kappa shape index (κ2) is 7.93. The van der Waals surface area contributed by atoms with Gasteiger partial charge in [0.15, 0.2) is 0 Å². The number of carbonyl (C=O) groups excluding carboxylic acids is 1. The molecule has 0 aliphatic carbocycles. The molecule has 0 unspecified atom stereocenters. The van der Waals surface area contributed by atoms with Gasteiger partial charge < -0.3 is 9.84 Å². The maximum atomic E-state index is 14.4. The molecule has 2 N–H and O–H groups in total. The van der Waals surface area contributed by atoms with Crippen LogP contribution in [0.3, 0.4) is 0 Å². The zero-order valence-corrected chi connectivity index (χ0v) is 18.2. The third kappa shape index (κ3) is 3.98. The first-order valence-corrected chi connectivity index (χ1v) is 10.5. The molecule has 1 aromatic heterocycles. The summed E-state index contributed by atoms with van der Waals surface area (Å²) in [5.74, 6) is -1.11. The molecule has 1 saturated heterocycles. The van der Waals surface area contributed by atoms with E-state index in [-0.39, 0.29) is 36.8 Å². The van der Waals surface area contributed by atoms with E-state index in [1.807, 2.05) is 0 Å². The molecule has 2 heterocycles. The number of benzene rings is 1. The van der Waals surface area contributed by atoms with Crippen LogP contribution in [-0.2, 0) is 4.74 Å². The fraction of sp³-hybridized carbons (Fsp3) is 0.389. The van der Waals surface area contributed by atoms with Crippen LogP contribution in [0.25, 0.3) is 0 Å². The molecule has 1 aromatic carbocycles. The summed E-state index contributed by atoms with van der Waals surface area (Å²) in [5.41, 5.74) is 0.0754. The molecule has 29 heavy (non-hydrogen) atoms. The van der Waals surface area contributed by atoms with Crippen molar-refractivity contribution in [2.75, 3.05) is 23.9 Å². The number of ether oxygens (including phenoxy) is 2. The molecule has 159 valence electrons. The first-order chi connectivity index (χ1) is 13.8. The molecule has 0 radical (unpaired) electrons. The van der Waals surface area contributed by atoms with E-state index < -0.39 is 35.9 Å². The standard InChI is InChI=1S/C18H19F2N4O4.Cf/c1-9(11-6-13(20)15(27-3)7-12(11)19)22-17-21-5-4-16(23-17)24-14(10(2)25)8-28-18(24)26;/h4-7,9-10,14,25H,3,8H2,1-2H3,(H,21,22,23);/t9-,10+,14+;/m0./s1. The van der Waals surface area contributed by atoms with E-state index in [0.717, 1.165) is 12.1 Å². The van der Waals surface area contributed by atoms with E-state index in [1.165, 1.54) is 17.2 Å². The summed E-state index contributed by atoms with van der Waals surface area (Å²) in [6.45, 7) is 3.21. The number of nitrogens with one attached hydrogen (secondary N) is 1. The first kappa shape index (κ1) is 19.7. The number of carbonyl (C=O) groups is 1. The number of anilines is 2. The van der Waals surface area contributed by atoms with Crippen molar-refractivity contribution in [2.45, 2.75) is 32.0 Å². The Labute approximate surface area is 160 Å². The van der Waals surface area contributed by atoms with Crippen molar-refractivity contribution in [3.8, 4) is 5.75 Å².